The minimum absolute atomic E-state index is 0.130. The van der Waals surface area contributed by atoms with Gasteiger partial charge in [-0.15, -0.1) is 0 Å². The lowest BCUT2D eigenvalue weighted by molar-refractivity contribution is 0.0258. The molecule has 0 amide bonds. The number of rotatable bonds is 9. The topological polar surface area (TPSA) is 79.0 Å². The van der Waals surface area contributed by atoms with E-state index in [1.807, 2.05) is 24.3 Å². The minimum Gasteiger partial charge on any atom is -0.491 e. The third kappa shape index (κ3) is 4.97. The van der Waals surface area contributed by atoms with Gasteiger partial charge >= 0.3 is 0 Å². The molecule has 1 aliphatic carbocycles. The maximum absolute atomic E-state index is 10.1. The molecule has 1 aromatic carbocycles. The average Bonchev–Trinajstić information content (AvgIpc) is 2.44. The zero-order chi connectivity index (χ0) is 15.1. The largest absolute Gasteiger partial charge is 0.491 e. The third-order valence-corrected chi connectivity index (χ3v) is 4.03. The fourth-order valence-electron chi connectivity index (χ4n) is 2.54. The molecule has 0 bridgehead atoms. The Kier molecular flexibility index (Phi) is 6.45. The molecule has 0 saturated heterocycles. The number of aliphatic hydroxyl groups excluding tert-OH is 2. The van der Waals surface area contributed by atoms with Gasteiger partial charge in [-0.05, 0) is 30.5 Å². The van der Waals surface area contributed by atoms with Crippen molar-refractivity contribution in [2.45, 2.75) is 38.0 Å². The summed E-state index contributed by atoms with van der Waals surface area (Å²) in [6.07, 6.45) is 3.01. The van der Waals surface area contributed by atoms with Gasteiger partial charge in [0.1, 0.15) is 18.5 Å². The summed E-state index contributed by atoms with van der Waals surface area (Å²) >= 11 is 0. The van der Waals surface area contributed by atoms with Gasteiger partial charge in [0.05, 0.1) is 6.61 Å². The zero-order valence-electron chi connectivity index (χ0n) is 12.4. The van der Waals surface area contributed by atoms with Gasteiger partial charge in [0, 0.05) is 25.7 Å². The second-order valence-corrected chi connectivity index (χ2v) is 5.62. The molecule has 1 unspecified atom stereocenters. The Morgan fingerprint density at radius 1 is 1.29 bits per heavy atom. The van der Waals surface area contributed by atoms with Gasteiger partial charge in [-0.2, -0.15) is 0 Å². The predicted octanol–water partition coefficient (Wildman–Crippen LogP) is 0.732. The zero-order valence-corrected chi connectivity index (χ0v) is 12.4. The monoisotopic (exact) mass is 294 g/mol. The quantitative estimate of drug-likeness (QED) is 0.626. The van der Waals surface area contributed by atoms with Crippen LogP contribution in [-0.4, -0.2) is 53.6 Å². The van der Waals surface area contributed by atoms with Crippen LogP contribution in [0.5, 0.6) is 5.75 Å². The first-order valence-electron chi connectivity index (χ1n) is 7.67. The van der Waals surface area contributed by atoms with Gasteiger partial charge in [0.2, 0.25) is 0 Å². The van der Waals surface area contributed by atoms with Crippen molar-refractivity contribution in [1.29, 1.82) is 0 Å². The number of nitrogens with two attached hydrogens (primary N) is 1. The Morgan fingerprint density at radius 2 is 2.00 bits per heavy atom. The van der Waals surface area contributed by atoms with Crippen molar-refractivity contribution in [2.24, 2.45) is 5.73 Å². The fourth-order valence-corrected chi connectivity index (χ4v) is 2.54. The van der Waals surface area contributed by atoms with Crippen LogP contribution in [0.2, 0.25) is 0 Å². The van der Waals surface area contributed by atoms with Gasteiger partial charge in [-0.25, -0.2) is 0 Å². The van der Waals surface area contributed by atoms with Gasteiger partial charge < -0.3 is 20.7 Å². The molecule has 1 aliphatic rings. The summed E-state index contributed by atoms with van der Waals surface area (Å²) in [5, 5.41) is 19.2. The lowest BCUT2D eigenvalue weighted by Crippen LogP contribution is -2.46. The van der Waals surface area contributed by atoms with Gasteiger partial charge in [-0.3, -0.25) is 4.90 Å². The van der Waals surface area contributed by atoms with Crippen molar-refractivity contribution in [3.05, 3.63) is 29.8 Å². The summed E-state index contributed by atoms with van der Waals surface area (Å²) in [4.78, 5) is 2.16. The van der Waals surface area contributed by atoms with E-state index < -0.39 is 6.10 Å². The SMILES string of the molecule is NCc1ccc(OCC(O)CN(CCO)C2CCC2)cc1. The molecule has 118 valence electrons. The molecule has 4 N–H and O–H groups in total. The molecule has 0 aliphatic heterocycles. The van der Waals surface area contributed by atoms with Gasteiger partial charge in [0.15, 0.2) is 0 Å². The van der Waals surface area contributed by atoms with E-state index >= 15 is 0 Å². The first kappa shape index (κ1) is 16.2. The van der Waals surface area contributed by atoms with Crippen LogP contribution < -0.4 is 10.5 Å². The van der Waals surface area contributed by atoms with Crippen molar-refractivity contribution in [3.63, 3.8) is 0 Å². The molecule has 0 spiro atoms. The summed E-state index contributed by atoms with van der Waals surface area (Å²) in [6.45, 7) is 2.07. The third-order valence-electron chi connectivity index (χ3n) is 4.03. The Bertz CT molecular complexity index is 406. The van der Waals surface area contributed by atoms with Crippen LogP contribution in [0.25, 0.3) is 0 Å². The summed E-state index contributed by atoms with van der Waals surface area (Å²) in [6, 6.07) is 8.09. The fraction of sp³-hybridized carbons (Fsp3) is 0.625. The molecule has 5 nitrogen and oxygen atoms in total. The van der Waals surface area contributed by atoms with E-state index in [4.69, 9.17) is 15.6 Å². The molecule has 0 radical (unpaired) electrons. The number of nitrogens with zero attached hydrogens (tertiary/aromatic N) is 1. The highest BCUT2D eigenvalue weighted by atomic mass is 16.5. The lowest BCUT2D eigenvalue weighted by Gasteiger charge is -2.38. The van der Waals surface area contributed by atoms with Crippen molar-refractivity contribution in [1.82, 2.24) is 4.90 Å². The Balaban J connectivity index is 1.75. The van der Waals surface area contributed by atoms with Crippen LogP contribution in [0.3, 0.4) is 0 Å². The van der Waals surface area contributed by atoms with Crippen molar-refractivity contribution in [2.75, 3.05) is 26.3 Å². The standard InChI is InChI=1S/C16H26N2O3/c17-10-13-4-6-16(7-5-13)21-12-15(20)11-18(8-9-19)14-2-1-3-14/h4-7,14-15,19-20H,1-3,8-12,17H2. The first-order chi connectivity index (χ1) is 10.2. The van der Waals surface area contributed by atoms with E-state index in [1.165, 1.54) is 6.42 Å². The summed E-state index contributed by atoms with van der Waals surface area (Å²) in [5.41, 5.74) is 6.60. The average molecular weight is 294 g/mol. The highest BCUT2D eigenvalue weighted by molar-refractivity contribution is 5.27. The lowest BCUT2D eigenvalue weighted by atomic mass is 9.91. The molecular formula is C16H26N2O3. The van der Waals surface area contributed by atoms with Gasteiger partial charge in [0.25, 0.3) is 0 Å². The number of ether oxygens (including phenoxy) is 1. The summed E-state index contributed by atoms with van der Waals surface area (Å²) in [7, 11) is 0. The van der Waals surface area contributed by atoms with Crippen molar-refractivity contribution >= 4 is 0 Å². The second-order valence-electron chi connectivity index (χ2n) is 5.62. The van der Waals surface area contributed by atoms with E-state index in [1.54, 1.807) is 0 Å². The van der Waals surface area contributed by atoms with Crippen LogP contribution in [0.1, 0.15) is 24.8 Å². The van der Waals surface area contributed by atoms with Crippen LogP contribution in [0.4, 0.5) is 0 Å². The predicted molar refractivity (Wildman–Crippen MR) is 82.1 cm³/mol. The molecule has 21 heavy (non-hydrogen) atoms. The van der Waals surface area contributed by atoms with Crippen LogP contribution in [0, 0.1) is 0 Å². The molecule has 1 fully saturated rings. The van der Waals surface area contributed by atoms with Crippen molar-refractivity contribution < 1.29 is 14.9 Å². The Hall–Kier alpha value is -1.14. The smallest absolute Gasteiger partial charge is 0.119 e. The number of hydrogen-bond donors (Lipinski definition) is 3. The maximum Gasteiger partial charge on any atom is 0.119 e. The Labute approximate surface area is 126 Å². The summed E-state index contributed by atoms with van der Waals surface area (Å²) in [5.74, 6) is 0.739. The Morgan fingerprint density at radius 3 is 2.52 bits per heavy atom. The molecule has 1 aromatic rings. The molecule has 0 aromatic heterocycles. The second kappa shape index (κ2) is 8.34. The van der Waals surface area contributed by atoms with Crippen molar-refractivity contribution in [3.8, 4) is 5.75 Å². The number of benzene rings is 1. The van der Waals surface area contributed by atoms with Crippen LogP contribution in [0.15, 0.2) is 24.3 Å². The molecule has 2 rings (SSSR count). The summed E-state index contributed by atoms with van der Waals surface area (Å²) < 4.78 is 5.60. The number of aliphatic hydroxyl groups is 2. The molecule has 1 saturated carbocycles. The van der Waals surface area contributed by atoms with Crippen LogP contribution >= 0.6 is 0 Å². The highest BCUT2D eigenvalue weighted by Crippen LogP contribution is 2.24. The molecular weight excluding hydrogens is 268 g/mol. The molecule has 5 heteroatoms. The highest BCUT2D eigenvalue weighted by Gasteiger charge is 2.26. The minimum atomic E-state index is -0.550. The van der Waals surface area contributed by atoms with E-state index in [-0.39, 0.29) is 13.2 Å². The van der Waals surface area contributed by atoms with E-state index in [9.17, 15) is 5.11 Å². The number of hydrogen-bond acceptors (Lipinski definition) is 5. The van der Waals surface area contributed by atoms with E-state index in [0.717, 1.165) is 24.2 Å². The van der Waals surface area contributed by atoms with E-state index in [0.29, 0.717) is 25.7 Å². The van der Waals surface area contributed by atoms with E-state index in [2.05, 4.69) is 4.90 Å². The van der Waals surface area contributed by atoms with Crippen LogP contribution in [-0.2, 0) is 6.54 Å². The normalized spacial score (nSPS) is 16.8. The molecule has 1 atom stereocenters. The molecule has 0 heterocycles. The first-order valence-corrected chi connectivity index (χ1v) is 7.67. The van der Waals surface area contributed by atoms with Gasteiger partial charge in [-0.1, -0.05) is 18.6 Å². The maximum atomic E-state index is 10.1.